The molecule has 1 aromatic rings. The van der Waals surface area contributed by atoms with Gasteiger partial charge in [0.1, 0.15) is 0 Å². The van der Waals surface area contributed by atoms with Crippen LogP contribution < -0.4 is 5.73 Å². The van der Waals surface area contributed by atoms with Crippen LogP contribution in [0.3, 0.4) is 0 Å². The summed E-state index contributed by atoms with van der Waals surface area (Å²) in [6.07, 6.45) is 1.40. The number of nitrogens with two attached hydrogens (primary N) is 1. The highest BCUT2D eigenvalue weighted by atomic mass is 16.5. The molecule has 1 rings (SSSR count). The summed E-state index contributed by atoms with van der Waals surface area (Å²) in [5.41, 5.74) is 5.97. The normalized spacial score (nSPS) is 10.7. The average Bonchev–Trinajstić information content (AvgIpc) is 2.69. The van der Waals surface area contributed by atoms with E-state index in [0.717, 1.165) is 6.42 Å². The van der Waals surface area contributed by atoms with Crippen molar-refractivity contribution in [2.24, 2.45) is 5.73 Å². The number of hydrogen-bond donors (Lipinski definition) is 2. The lowest BCUT2D eigenvalue weighted by Gasteiger charge is -2.06. The van der Waals surface area contributed by atoms with Gasteiger partial charge < -0.3 is 15.6 Å². The van der Waals surface area contributed by atoms with Gasteiger partial charge in [0.2, 0.25) is 0 Å². The van der Waals surface area contributed by atoms with Crippen molar-refractivity contribution in [2.45, 2.75) is 26.3 Å². The van der Waals surface area contributed by atoms with Gasteiger partial charge in [-0.3, -0.25) is 0 Å². The predicted molar refractivity (Wildman–Crippen MR) is 60.8 cm³/mol. The maximum Gasteiger partial charge on any atom is 0.358 e. The summed E-state index contributed by atoms with van der Waals surface area (Å²) < 4.78 is 6.87. The van der Waals surface area contributed by atoms with Crippen molar-refractivity contribution in [1.29, 1.82) is 0 Å². The van der Waals surface area contributed by atoms with E-state index in [9.17, 15) is 4.79 Å². The summed E-state index contributed by atoms with van der Waals surface area (Å²) >= 11 is 0. The van der Waals surface area contributed by atoms with E-state index in [1.165, 1.54) is 0 Å². The summed E-state index contributed by atoms with van der Waals surface area (Å²) in [6, 6.07) is 0. The minimum atomic E-state index is -1.07. The largest absolute Gasteiger partial charge is 0.476 e. The van der Waals surface area contributed by atoms with Crippen molar-refractivity contribution < 1.29 is 14.6 Å². The average molecular weight is 242 g/mol. The lowest BCUT2D eigenvalue weighted by Crippen LogP contribution is -2.16. The zero-order valence-electron chi connectivity index (χ0n) is 9.93. The molecule has 0 aliphatic heterocycles. The zero-order chi connectivity index (χ0) is 12.7. The first kappa shape index (κ1) is 13.6. The fourth-order valence-electron chi connectivity index (χ4n) is 1.46. The second-order valence-electron chi connectivity index (χ2n) is 3.56. The number of nitrogens with zero attached hydrogens (tertiary/aromatic N) is 3. The molecule has 0 saturated heterocycles. The van der Waals surface area contributed by atoms with Crippen LogP contribution in [-0.2, 0) is 17.7 Å². The molecule has 96 valence electrons. The molecule has 0 saturated carbocycles. The van der Waals surface area contributed by atoms with E-state index >= 15 is 0 Å². The third-order valence-corrected chi connectivity index (χ3v) is 2.22. The Balaban J connectivity index is 2.67. The smallest absolute Gasteiger partial charge is 0.358 e. The lowest BCUT2D eigenvalue weighted by atomic mass is 10.2. The molecule has 0 spiro atoms. The van der Waals surface area contributed by atoms with Crippen molar-refractivity contribution in [2.75, 3.05) is 19.8 Å². The minimum absolute atomic E-state index is 0.0223. The van der Waals surface area contributed by atoms with E-state index in [-0.39, 0.29) is 5.69 Å². The molecular weight excluding hydrogens is 224 g/mol. The number of carbonyl (C=O) groups is 1. The van der Waals surface area contributed by atoms with Gasteiger partial charge in [-0.15, -0.1) is 5.10 Å². The Morgan fingerprint density at radius 3 is 2.88 bits per heavy atom. The Kier molecular flexibility index (Phi) is 5.58. The van der Waals surface area contributed by atoms with Crippen LogP contribution in [0.4, 0.5) is 0 Å². The van der Waals surface area contributed by atoms with Crippen molar-refractivity contribution in [3.63, 3.8) is 0 Å². The molecule has 0 atom stereocenters. The molecular formula is C10H18N4O3. The van der Waals surface area contributed by atoms with Crippen LogP contribution in [0.2, 0.25) is 0 Å². The molecule has 7 heteroatoms. The Morgan fingerprint density at radius 2 is 2.29 bits per heavy atom. The molecule has 3 N–H and O–H groups in total. The molecule has 0 amide bonds. The Hall–Kier alpha value is -1.47. The molecule has 0 aromatic carbocycles. The van der Waals surface area contributed by atoms with Gasteiger partial charge in [0.15, 0.2) is 5.69 Å². The third kappa shape index (κ3) is 3.79. The maximum atomic E-state index is 10.9. The highest BCUT2D eigenvalue weighted by Crippen LogP contribution is 2.06. The number of hydrogen-bond acceptors (Lipinski definition) is 5. The number of carboxylic acids is 1. The fourth-order valence-corrected chi connectivity index (χ4v) is 1.46. The van der Waals surface area contributed by atoms with Crippen molar-refractivity contribution in [1.82, 2.24) is 15.0 Å². The predicted octanol–water partition coefficient (Wildman–Crippen LogP) is -0.0959. The zero-order valence-corrected chi connectivity index (χ0v) is 9.93. The van der Waals surface area contributed by atoms with Crippen molar-refractivity contribution in [3.8, 4) is 0 Å². The molecule has 1 aromatic heterocycles. The van der Waals surface area contributed by atoms with E-state index in [0.29, 0.717) is 38.4 Å². The van der Waals surface area contributed by atoms with Crippen LogP contribution in [-0.4, -0.2) is 45.8 Å². The van der Waals surface area contributed by atoms with Crippen LogP contribution in [0.25, 0.3) is 0 Å². The Morgan fingerprint density at radius 1 is 1.53 bits per heavy atom. The second kappa shape index (κ2) is 6.97. The summed E-state index contributed by atoms with van der Waals surface area (Å²) in [6.45, 7) is 4.07. The number of carboxylic acid groups (broad SMARTS) is 1. The van der Waals surface area contributed by atoms with E-state index in [1.807, 2.05) is 6.92 Å². The van der Waals surface area contributed by atoms with Gasteiger partial charge in [0, 0.05) is 13.0 Å². The molecule has 7 nitrogen and oxygen atoms in total. The van der Waals surface area contributed by atoms with Gasteiger partial charge in [-0.25, -0.2) is 9.48 Å². The summed E-state index contributed by atoms with van der Waals surface area (Å²) in [5.74, 6) is -1.07. The molecule has 0 bridgehead atoms. The van der Waals surface area contributed by atoms with E-state index in [4.69, 9.17) is 15.6 Å². The molecule has 0 radical (unpaired) electrons. The van der Waals surface area contributed by atoms with Crippen LogP contribution >= 0.6 is 0 Å². The van der Waals surface area contributed by atoms with Gasteiger partial charge in [0.25, 0.3) is 0 Å². The van der Waals surface area contributed by atoms with E-state index in [1.54, 1.807) is 4.68 Å². The summed E-state index contributed by atoms with van der Waals surface area (Å²) in [5, 5.41) is 16.4. The van der Waals surface area contributed by atoms with Crippen LogP contribution in [0.5, 0.6) is 0 Å². The first-order chi connectivity index (χ1) is 8.20. The van der Waals surface area contributed by atoms with Crippen molar-refractivity contribution in [3.05, 3.63) is 11.4 Å². The fraction of sp³-hybridized carbons (Fsp3) is 0.700. The first-order valence-corrected chi connectivity index (χ1v) is 5.64. The molecule has 17 heavy (non-hydrogen) atoms. The first-order valence-electron chi connectivity index (χ1n) is 5.64. The number of aromatic carboxylic acids is 1. The molecule has 1 heterocycles. The van der Waals surface area contributed by atoms with Crippen LogP contribution in [0, 0.1) is 0 Å². The molecule has 0 aliphatic carbocycles. The summed E-state index contributed by atoms with van der Waals surface area (Å²) in [4.78, 5) is 10.9. The van der Waals surface area contributed by atoms with Gasteiger partial charge in [0.05, 0.1) is 18.8 Å². The number of rotatable bonds is 8. The molecule has 0 unspecified atom stereocenters. The van der Waals surface area contributed by atoms with E-state index in [2.05, 4.69) is 10.3 Å². The lowest BCUT2D eigenvalue weighted by molar-refractivity contribution is 0.0689. The number of ether oxygens (including phenoxy) is 1. The molecule has 0 fully saturated rings. The Bertz CT molecular complexity index is 364. The van der Waals surface area contributed by atoms with Gasteiger partial charge >= 0.3 is 5.97 Å². The minimum Gasteiger partial charge on any atom is -0.476 e. The van der Waals surface area contributed by atoms with Gasteiger partial charge in [-0.05, 0) is 13.0 Å². The SMILES string of the molecule is CCCOCCn1nnc(C(=O)O)c1CCN. The third-order valence-electron chi connectivity index (χ3n) is 2.22. The number of aromatic nitrogens is 3. The van der Waals surface area contributed by atoms with Crippen LogP contribution in [0.15, 0.2) is 0 Å². The van der Waals surface area contributed by atoms with E-state index < -0.39 is 5.97 Å². The van der Waals surface area contributed by atoms with Gasteiger partial charge in [-0.1, -0.05) is 12.1 Å². The standard InChI is InChI=1S/C10H18N4O3/c1-2-6-17-7-5-14-8(3-4-11)9(10(15)16)12-13-14/h2-7,11H2,1H3,(H,15,16). The quantitative estimate of drug-likeness (QED) is 0.617. The monoisotopic (exact) mass is 242 g/mol. The molecule has 0 aliphatic rings. The summed E-state index contributed by atoms with van der Waals surface area (Å²) in [7, 11) is 0. The maximum absolute atomic E-state index is 10.9. The Labute approximate surface area is 99.6 Å². The second-order valence-corrected chi connectivity index (χ2v) is 3.56. The van der Waals surface area contributed by atoms with Gasteiger partial charge in [-0.2, -0.15) is 0 Å². The topological polar surface area (TPSA) is 103 Å². The van der Waals surface area contributed by atoms with Crippen LogP contribution in [0.1, 0.15) is 29.5 Å². The highest BCUT2D eigenvalue weighted by molar-refractivity contribution is 5.86. The van der Waals surface area contributed by atoms with Crippen molar-refractivity contribution >= 4 is 5.97 Å². The highest BCUT2D eigenvalue weighted by Gasteiger charge is 2.17.